The monoisotopic (exact) mass is 162 g/mol. The Kier molecular flexibility index (Phi) is 2.26. The van der Waals surface area contributed by atoms with Gasteiger partial charge in [-0.05, 0) is 16.5 Å². The topological polar surface area (TPSA) is 55.1 Å². The molecule has 62 valence electrons. The number of carbonyl (C=O) groups excluding carboxylic acids is 1. The Balaban J connectivity index is 3.32. The van der Waals surface area contributed by atoms with E-state index in [9.17, 15) is 4.79 Å². The molecule has 0 aliphatic heterocycles. The maximum atomic E-state index is 11.1. The van der Waals surface area contributed by atoms with Gasteiger partial charge >= 0.3 is 0 Å². The number of nitrogen functional groups attached to an aromatic ring is 1. The number of benzene rings is 1. The van der Waals surface area contributed by atoms with Gasteiger partial charge in [0.25, 0.3) is 5.91 Å². The highest BCUT2D eigenvalue weighted by molar-refractivity contribution is 5.93. The summed E-state index contributed by atoms with van der Waals surface area (Å²) in [6.45, 7) is 7.38. The molecule has 0 heterocycles. The number of nitrogens with two attached hydrogens (primary N) is 1. The first-order valence-electron chi connectivity index (χ1n) is 3.44. The van der Waals surface area contributed by atoms with Gasteiger partial charge in [-0.2, -0.15) is 0 Å². The minimum absolute atomic E-state index is 0.342. The van der Waals surface area contributed by atoms with Crippen molar-refractivity contribution in [2.45, 2.75) is 0 Å². The van der Waals surface area contributed by atoms with Crippen molar-refractivity contribution in [3.8, 4) is 0 Å². The van der Waals surface area contributed by atoms with E-state index in [1.807, 2.05) is 5.43 Å². The number of amides is 1. The van der Waals surface area contributed by atoms with E-state index >= 15 is 0 Å². The Morgan fingerprint density at radius 2 is 2.08 bits per heavy atom. The number of hydrogen-bond acceptors (Lipinski definition) is 2. The van der Waals surface area contributed by atoms with E-state index in [0.717, 1.165) is 5.22 Å². The van der Waals surface area contributed by atoms with Crippen LogP contribution in [0.3, 0.4) is 0 Å². The lowest BCUT2D eigenvalue weighted by atomic mass is 10.1. The van der Waals surface area contributed by atoms with E-state index in [4.69, 9.17) is 5.84 Å². The molecular formula is C9H10N2O. The molecule has 0 aromatic heterocycles. The Morgan fingerprint density at radius 1 is 1.42 bits per heavy atom. The Labute approximate surface area is 70.2 Å². The molecule has 0 aliphatic rings. The minimum atomic E-state index is -0.342. The number of hydrazine groups is 1. The summed E-state index contributed by atoms with van der Waals surface area (Å²) in [5.41, 5.74) is 2.51. The van der Waals surface area contributed by atoms with Crippen LogP contribution in [0.15, 0.2) is 18.2 Å². The van der Waals surface area contributed by atoms with Gasteiger partial charge in [0.1, 0.15) is 0 Å². The second kappa shape index (κ2) is 3.19. The fraction of sp³-hybridized carbons (Fsp3) is 0. The van der Waals surface area contributed by atoms with Gasteiger partial charge in [-0.25, -0.2) is 5.84 Å². The molecule has 0 unspecified atom stereocenters. The lowest BCUT2D eigenvalue weighted by molar-refractivity contribution is 0.0952. The number of nitrogens with one attached hydrogen (secondary N) is 1. The quantitative estimate of drug-likeness (QED) is 0.320. The maximum Gasteiger partial charge on any atom is 0.265 e. The highest BCUT2D eigenvalue weighted by Gasteiger charge is 2.02. The molecule has 3 heteroatoms. The van der Waals surface area contributed by atoms with E-state index in [1.54, 1.807) is 18.2 Å². The van der Waals surface area contributed by atoms with E-state index in [1.165, 1.54) is 0 Å². The summed E-state index contributed by atoms with van der Waals surface area (Å²) in [7, 11) is 0. The third-order valence-electron chi connectivity index (χ3n) is 1.55. The predicted octanol–water partition coefficient (Wildman–Crippen LogP) is -0.889. The molecule has 0 spiro atoms. The molecule has 1 aromatic carbocycles. The molecule has 0 bridgehead atoms. The van der Waals surface area contributed by atoms with Gasteiger partial charge in [0.2, 0.25) is 0 Å². The molecule has 1 aromatic rings. The van der Waals surface area contributed by atoms with Crippen LogP contribution in [0.1, 0.15) is 10.4 Å². The summed E-state index contributed by atoms with van der Waals surface area (Å²) in [6.07, 6.45) is 0. The average Bonchev–Trinajstić information content (AvgIpc) is 2.08. The Hall–Kier alpha value is -1.61. The van der Waals surface area contributed by atoms with Gasteiger partial charge in [0.05, 0.1) is 0 Å². The van der Waals surface area contributed by atoms with E-state index < -0.39 is 0 Å². The molecule has 0 radical (unpaired) electrons. The second-order valence-corrected chi connectivity index (χ2v) is 2.46. The summed E-state index contributed by atoms with van der Waals surface area (Å²) in [5, 5.41) is 1.41. The fourth-order valence-electron chi connectivity index (χ4n) is 0.913. The summed E-state index contributed by atoms with van der Waals surface area (Å²) in [5.74, 6) is 4.63. The summed E-state index contributed by atoms with van der Waals surface area (Å²) in [4.78, 5) is 11.1. The Bertz CT molecular complexity index is 397. The molecule has 0 aliphatic carbocycles. The van der Waals surface area contributed by atoms with Crippen LogP contribution in [0.4, 0.5) is 0 Å². The van der Waals surface area contributed by atoms with Gasteiger partial charge in [0, 0.05) is 5.56 Å². The summed E-state index contributed by atoms with van der Waals surface area (Å²) >= 11 is 0. The van der Waals surface area contributed by atoms with Gasteiger partial charge < -0.3 is 0 Å². The minimum Gasteiger partial charge on any atom is -0.290 e. The molecule has 12 heavy (non-hydrogen) atoms. The molecule has 0 atom stereocenters. The molecule has 0 saturated heterocycles. The van der Waals surface area contributed by atoms with E-state index in [0.29, 0.717) is 10.8 Å². The number of carbonyl (C=O) groups is 1. The summed E-state index contributed by atoms with van der Waals surface area (Å²) < 4.78 is 0. The lowest BCUT2D eigenvalue weighted by Gasteiger charge is -1.98. The average molecular weight is 162 g/mol. The molecule has 1 rings (SSSR count). The van der Waals surface area contributed by atoms with Crippen molar-refractivity contribution < 1.29 is 4.79 Å². The zero-order valence-corrected chi connectivity index (χ0v) is 6.63. The van der Waals surface area contributed by atoms with Crippen molar-refractivity contribution >= 4 is 19.1 Å². The van der Waals surface area contributed by atoms with Crippen LogP contribution in [0.25, 0.3) is 13.2 Å². The molecule has 3 nitrogen and oxygen atoms in total. The fourth-order valence-corrected chi connectivity index (χ4v) is 0.913. The van der Waals surface area contributed by atoms with Crippen LogP contribution < -0.4 is 21.7 Å². The van der Waals surface area contributed by atoms with Crippen molar-refractivity contribution in [1.82, 2.24) is 5.43 Å². The van der Waals surface area contributed by atoms with Gasteiger partial charge in [0.15, 0.2) is 0 Å². The predicted molar refractivity (Wildman–Crippen MR) is 48.4 cm³/mol. The van der Waals surface area contributed by atoms with Gasteiger partial charge in [-0.3, -0.25) is 10.2 Å². The highest BCUT2D eigenvalue weighted by atomic mass is 16.2. The Morgan fingerprint density at radius 3 is 2.67 bits per heavy atom. The first kappa shape index (κ1) is 8.49. The van der Waals surface area contributed by atoms with Crippen LogP contribution in [0.5, 0.6) is 0 Å². The zero-order valence-electron chi connectivity index (χ0n) is 6.63. The maximum absolute atomic E-state index is 11.1. The third kappa shape index (κ3) is 1.52. The lowest BCUT2D eigenvalue weighted by Crippen LogP contribution is -2.34. The summed E-state index contributed by atoms with van der Waals surface area (Å²) in [6, 6.07) is 5.16. The van der Waals surface area contributed by atoms with Crippen molar-refractivity contribution in [1.29, 1.82) is 0 Å². The van der Waals surface area contributed by atoms with Crippen molar-refractivity contribution in [3.05, 3.63) is 34.2 Å². The first-order chi connectivity index (χ1) is 5.65. The van der Waals surface area contributed by atoms with Crippen LogP contribution >= 0.6 is 0 Å². The van der Waals surface area contributed by atoms with Crippen molar-refractivity contribution in [3.63, 3.8) is 0 Å². The number of rotatable bonds is 1. The van der Waals surface area contributed by atoms with Crippen molar-refractivity contribution in [2.24, 2.45) is 5.84 Å². The van der Waals surface area contributed by atoms with Crippen LogP contribution in [-0.4, -0.2) is 5.91 Å². The zero-order chi connectivity index (χ0) is 9.14. The molecular weight excluding hydrogens is 152 g/mol. The SMILES string of the molecule is C=c1ccc(=C)c(C(=O)NN)c1. The van der Waals surface area contributed by atoms with Crippen LogP contribution in [0.2, 0.25) is 0 Å². The highest BCUT2D eigenvalue weighted by Crippen LogP contribution is 1.84. The smallest absolute Gasteiger partial charge is 0.265 e. The largest absolute Gasteiger partial charge is 0.290 e. The number of hydrogen-bond donors (Lipinski definition) is 2. The van der Waals surface area contributed by atoms with Gasteiger partial charge in [-0.1, -0.05) is 25.3 Å². The van der Waals surface area contributed by atoms with E-state index in [-0.39, 0.29) is 5.91 Å². The normalized spacial score (nSPS) is 9.42. The standard InChI is InChI=1S/C9H10N2O/c1-6-3-4-7(2)8(5-6)9(12)11-10/h3-5H,1-2,10H2,(H,11,12). The second-order valence-electron chi connectivity index (χ2n) is 2.46. The first-order valence-corrected chi connectivity index (χ1v) is 3.44. The van der Waals surface area contributed by atoms with E-state index in [2.05, 4.69) is 13.2 Å². The molecule has 0 fully saturated rings. The molecule has 3 N–H and O–H groups in total. The van der Waals surface area contributed by atoms with Crippen molar-refractivity contribution in [2.75, 3.05) is 0 Å². The van der Waals surface area contributed by atoms with Gasteiger partial charge in [-0.15, -0.1) is 0 Å². The van der Waals surface area contributed by atoms with Crippen LogP contribution in [0, 0.1) is 0 Å². The molecule has 0 saturated carbocycles. The van der Waals surface area contributed by atoms with Crippen LogP contribution in [-0.2, 0) is 0 Å². The molecule has 1 amide bonds. The third-order valence-corrected chi connectivity index (χ3v) is 1.55.